The van der Waals surface area contributed by atoms with E-state index in [1.165, 1.54) is 30.3 Å². The van der Waals surface area contributed by atoms with Crippen LogP contribution in [0, 0.1) is 23.4 Å². The van der Waals surface area contributed by atoms with Gasteiger partial charge in [0.2, 0.25) is 5.82 Å². The van der Waals surface area contributed by atoms with Crippen molar-refractivity contribution in [2.24, 2.45) is 5.92 Å². The molecular weight excluding hydrogens is 477 g/mol. The van der Waals surface area contributed by atoms with Crippen molar-refractivity contribution in [3.8, 4) is 22.6 Å². The summed E-state index contributed by atoms with van der Waals surface area (Å²) in [6.07, 6.45) is 6.93. The molecular formula is C31H31F3O3. The Morgan fingerprint density at radius 2 is 1.59 bits per heavy atom. The molecule has 3 aromatic carbocycles. The minimum absolute atomic E-state index is 0.0225. The first-order valence-corrected chi connectivity index (χ1v) is 12.7. The fourth-order valence-corrected chi connectivity index (χ4v) is 4.68. The van der Waals surface area contributed by atoms with Crippen molar-refractivity contribution in [3.63, 3.8) is 0 Å². The molecule has 0 unspecified atom stereocenters. The van der Waals surface area contributed by atoms with Crippen LogP contribution in [0.5, 0.6) is 11.5 Å². The van der Waals surface area contributed by atoms with Gasteiger partial charge in [-0.2, -0.15) is 4.39 Å². The van der Waals surface area contributed by atoms with Crippen LogP contribution in [-0.2, 0) is 0 Å². The third kappa shape index (κ3) is 6.43. The molecule has 0 amide bonds. The van der Waals surface area contributed by atoms with Crippen molar-refractivity contribution in [1.82, 2.24) is 0 Å². The molecule has 0 aromatic heterocycles. The van der Waals surface area contributed by atoms with Gasteiger partial charge in [-0.15, -0.1) is 6.58 Å². The number of carbonyl (C=O) groups is 1. The van der Waals surface area contributed by atoms with Crippen molar-refractivity contribution < 1.29 is 27.4 Å². The van der Waals surface area contributed by atoms with Crippen LogP contribution in [0.15, 0.2) is 67.3 Å². The van der Waals surface area contributed by atoms with Gasteiger partial charge in [0.1, 0.15) is 0 Å². The quantitative estimate of drug-likeness (QED) is 0.126. The average Bonchev–Trinajstić information content (AvgIpc) is 2.91. The van der Waals surface area contributed by atoms with Crippen molar-refractivity contribution in [1.29, 1.82) is 0 Å². The van der Waals surface area contributed by atoms with Crippen molar-refractivity contribution in [3.05, 3.63) is 95.8 Å². The molecule has 6 heteroatoms. The predicted molar refractivity (Wildman–Crippen MR) is 138 cm³/mol. The first-order valence-electron chi connectivity index (χ1n) is 12.7. The highest BCUT2D eigenvalue weighted by Gasteiger charge is 2.26. The van der Waals surface area contributed by atoms with Gasteiger partial charge in [-0.1, -0.05) is 50.1 Å². The fraction of sp³-hybridized carbons (Fsp3) is 0.323. The van der Waals surface area contributed by atoms with E-state index in [4.69, 9.17) is 9.47 Å². The maximum absolute atomic E-state index is 14.8. The van der Waals surface area contributed by atoms with Gasteiger partial charge in [0.05, 0.1) is 12.2 Å². The first-order chi connectivity index (χ1) is 17.9. The lowest BCUT2D eigenvalue weighted by Crippen LogP contribution is -2.14. The molecule has 0 N–H and O–H groups in total. The molecule has 3 aromatic rings. The van der Waals surface area contributed by atoms with Gasteiger partial charge in [0, 0.05) is 0 Å². The van der Waals surface area contributed by atoms with Gasteiger partial charge in [0.25, 0.3) is 0 Å². The smallest absolute Gasteiger partial charge is 0.343 e. The van der Waals surface area contributed by atoms with Crippen molar-refractivity contribution in [2.45, 2.75) is 51.4 Å². The summed E-state index contributed by atoms with van der Waals surface area (Å²) in [5.41, 5.74) is 1.79. The molecule has 1 aliphatic rings. The van der Waals surface area contributed by atoms with E-state index in [1.807, 2.05) is 0 Å². The lowest BCUT2D eigenvalue weighted by atomic mass is 9.79. The number of unbranched alkanes of at least 4 members (excludes halogenated alkanes) is 1. The van der Waals surface area contributed by atoms with E-state index in [0.29, 0.717) is 29.2 Å². The van der Waals surface area contributed by atoms with Crippen LogP contribution in [0.4, 0.5) is 13.2 Å². The number of rotatable bonds is 9. The standard InChI is InChI=1S/C31H31F3O3/c1-3-4-5-18-36-27-16-14-24(19-26(27)32)21-10-12-23(13-11-21)31(35)37-28-17-15-25(29(33)30(28)34)22-8-6-20(2)7-9-22/h3,10-17,19-20,22H,1,4-9,18H2,2H3. The summed E-state index contributed by atoms with van der Waals surface area (Å²) < 4.78 is 54.6. The Balaban J connectivity index is 1.41. The molecule has 0 spiro atoms. The van der Waals surface area contributed by atoms with E-state index < -0.39 is 29.2 Å². The summed E-state index contributed by atoms with van der Waals surface area (Å²) in [5, 5.41) is 0. The zero-order chi connectivity index (χ0) is 26.4. The van der Waals surface area contributed by atoms with Gasteiger partial charge < -0.3 is 9.47 Å². The highest BCUT2D eigenvalue weighted by atomic mass is 19.2. The van der Waals surface area contributed by atoms with E-state index in [1.54, 1.807) is 30.3 Å². The summed E-state index contributed by atoms with van der Waals surface area (Å²) in [5.74, 6) is -3.08. The summed E-state index contributed by atoms with van der Waals surface area (Å²) in [6, 6.07) is 13.8. The third-order valence-electron chi connectivity index (χ3n) is 6.93. The van der Waals surface area contributed by atoms with Gasteiger partial charge in [-0.05, 0) is 84.5 Å². The molecule has 0 atom stereocenters. The normalized spacial score (nSPS) is 17.3. The minimum atomic E-state index is -1.15. The molecule has 1 saturated carbocycles. The minimum Gasteiger partial charge on any atom is -0.491 e. The Hall–Kier alpha value is -3.54. The summed E-state index contributed by atoms with van der Waals surface area (Å²) in [4.78, 5) is 12.6. The molecule has 0 aliphatic heterocycles. The van der Waals surface area contributed by atoms with Gasteiger partial charge in [-0.25, -0.2) is 13.6 Å². The summed E-state index contributed by atoms with van der Waals surface area (Å²) in [7, 11) is 0. The Bertz CT molecular complexity index is 1250. The molecule has 0 saturated heterocycles. The third-order valence-corrected chi connectivity index (χ3v) is 6.93. The van der Waals surface area contributed by atoms with Gasteiger partial charge in [-0.3, -0.25) is 0 Å². The zero-order valence-corrected chi connectivity index (χ0v) is 20.9. The first kappa shape index (κ1) is 26.5. The Labute approximate surface area is 215 Å². The highest BCUT2D eigenvalue weighted by Crippen LogP contribution is 2.38. The average molecular weight is 509 g/mol. The number of hydrogen-bond donors (Lipinski definition) is 0. The van der Waals surface area contributed by atoms with E-state index >= 15 is 0 Å². The number of halogens is 3. The lowest BCUT2D eigenvalue weighted by Gasteiger charge is -2.27. The van der Waals surface area contributed by atoms with Crippen LogP contribution in [0.3, 0.4) is 0 Å². The summed E-state index contributed by atoms with van der Waals surface area (Å²) >= 11 is 0. The maximum atomic E-state index is 14.8. The Morgan fingerprint density at radius 1 is 0.919 bits per heavy atom. The summed E-state index contributed by atoms with van der Waals surface area (Å²) in [6.45, 7) is 6.20. The van der Waals surface area contributed by atoms with Crippen LogP contribution in [0.1, 0.15) is 67.3 Å². The number of benzene rings is 3. The largest absolute Gasteiger partial charge is 0.491 e. The lowest BCUT2D eigenvalue weighted by molar-refractivity contribution is 0.0726. The Kier molecular flexibility index (Phi) is 8.70. The predicted octanol–water partition coefficient (Wildman–Crippen LogP) is 8.63. The second-order valence-corrected chi connectivity index (χ2v) is 9.63. The molecule has 1 aliphatic carbocycles. The second-order valence-electron chi connectivity index (χ2n) is 9.63. The molecule has 0 bridgehead atoms. The molecule has 4 rings (SSSR count). The van der Waals surface area contributed by atoms with Gasteiger partial charge >= 0.3 is 5.97 Å². The van der Waals surface area contributed by atoms with Crippen LogP contribution >= 0.6 is 0 Å². The highest BCUT2D eigenvalue weighted by molar-refractivity contribution is 5.91. The van der Waals surface area contributed by atoms with Gasteiger partial charge in [0.15, 0.2) is 23.1 Å². The molecule has 37 heavy (non-hydrogen) atoms. The fourth-order valence-electron chi connectivity index (χ4n) is 4.68. The van der Waals surface area contributed by atoms with Crippen molar-refractivity contribution in [2.75, 3.05) is 6.61 Å². The van der Waals surface area contributed by atoms with E-state index in [-0.39, 0.29) is 17.2 Å². The van der Waals surface area contributed by atoms with Crippen LogP contribution < -0.4 is 9.47 Å². The molecule has 194 valence electrons. The number of esters is 1. The number of hydrogen-bond acceptors (Lipinski definition) is 3. The number of ether oxygens (including phenoxy) is 2. The van der Waals surface area contributed by atoms with E-state index in [0.717, 1.165) is 38.5 Å². The van der Waals surface area contributed by atoms with Crippen LogP contribution in [0.2, 0.25) is 0 Å². The Morgan fingerprint density at radius 3 is 2.27 bits per heavy atom. The topological polar surface area (TPSA) is 35.5 Å². The molecule has 0 radical (unpaired) electrons. The van der Waals surface area contributed by atoms with Crippen LogP contribution in [-0.4, -0.2) is 12.6 Å². The monoisotopic (exact) mass is 508 g/mol. The van der Waals surface area contributed by atoms with E-state index in [2.05, 4.69) is 13.5 Å². The molecule has 3 nitrogen and oxygen atoms in total. The zero-order valence-electron chi connectivity index (χ0n) is 20.9. The van der Waals surface area contributed by atoms with E-state index in [9.17, 15) is 18.0 Å². The maximum Gasteiger partial charge on any atom is 0.343 e. The second kappa shape index (κ2) is 12.1. The van der Waals surface area contributed by atoms with Crippen molar-refractivity contribution >= 4 is 5.97 Å². The molecule has 1 fully saturated rings. The molecule has 0 heterocycles. The SMILES string of the molecule is C=CCCCOc1ccc(-c2ccc(C(=O)Oc3ccc(C4CCC(C)CC4)c(F)c3F)cc2)cc1F. The van der Waals surface area contributed by atoms with Crippen LogP contribution in [0.25, 0.3) is 11.1 Å². The number of allylic oxidation sites excluding steroid dienone is 1. The number of carbonyl (C=O) groups excluding carboxylic acids is 1.